The van der Waals surface area contributed by atoms with E-state index in [1.165, 1.54) is 5.56 Å². The summed E-state index contributed by atoms with van der Waals surface area (Å²) < 4.78 is 5.63. The Bertz CT molecular complexity index is 477. The van der Waals surface area contributed by atoms with Crippen molar-refractivity contribution in [3.05, 3.63) is 35.4 Å². The van der Waals surface area contributed by atoms with Gasteiger partial charge >= 0.3 is 5.97 Å². The van der Waals surface area contributed by atoms with Gasteiger partial charge in [0, 0.05) is 6.61 Å². The van der Waals surface area contributed by atoms with Gasteiger partial charge in [-0.1, -0.05) is 24.3 Å². The Morgan fingerprint density at radius 3 is 3.00 bits per heavy atom. The molecule has 0 bridgehead atoms. The molecule has 0 spiro atoms. The van der Waals surface area contributed by atoms with Gasteiger partial charge in [-0.2, -0.15) is 0 Å². The summed E-state index contributed by atoms with van der Waals surface area (Å²) in [5, 5.41) is 9.74. The third-order valence-corrected chi connectivity index (χ3v) is 4.68. The largest absolute Gasteiger partial charge is 0.481 e. The van der Waals surface area contributed by atoms with E-state index in [2.05, 4.69) is 6.07 Å². The smallest absolute Gasteiger partial charge is 0.314 e. The fourth-order valence-electron chi connectivity index (χ4n) is 3.56. The van der Waals surface area contributed by atoms with Gasteiger partial charge in [-0.25, -0.2) is 0 Å². The fourth-order valence-corrected chi connectivity index (χ4v) is 3.56. The molecule has 3 rings (SSSR count). The van der Waals surface area contributed by atoms with Crippen molar-refractivity contribution in [1.82, 2.24) is 0 Å². The predicted molar refractivity (Wildman–Crippen MR) is 72.3 cm³/mol. The van der Waals surface area contributed by atoms with Crippen molar-refractivity contribution >= 4 is 5.97 Å². The third-order valence-electron chi connectivity index (χ3n) is 4.68. The van der Waals surface area contributed by atoms with Crippen molar-refractivity contribution in [2.45, 2.75) is 50.0 Å². The molecule has 1 fully saturated rings. The number of hydrogen-bond donors (Lipinski definition) is 1. The minimum Gasteiger partial charge on any atom is -0.481 e. The van der Waals surface area contributed by atoms with Gasteiger partial charge in [0.25, 0.3) is 0 Å². The Balaban J connectivity index is 1.82. The van der Waals surface area contributed by atoms with Gasteiger partial charge < -0.3 is 9.84 Å². The standard InChI is InChI=1S/C16H20O3/c17-15(18)16(10-8-13-5-3-11-19-13)9-7-12-4-1-2-6-14(12)16/h1-2,4,6,13H,3,5,7-11H2,(H,17,18). The highest BCUT2D eigenvalue weighted by atomic mass is 16.5. The first-order chi connectivity index (χ1) is 9.22. The van der Waals surface area contributed by atoms with E-state index in [1.807, 2.05) is 18.2 Å². The predicted octanol–water partition coefficient (Wildman–Crippen LogP) is 2.91. The summed E-state index contributed by atoms with van der Waals surface area (Å²) in [6, 6.07) is 8.00. The minimum atomic E-state index is -0.678. The Morgan fingerprint density at radius 2 is 2.26 bits per heavy atom. The van der Waals surface area contributed by atoms with Crippen LogP contribution in [0.5, 0.6) is 0 Å². The van der Waals surface area contributed by atoms with Crippen LogP contribution in [0.4, 0.5) is 0 Å². The summed E-state index contributed by atoms with van der Waals surface area (Å²) >= 11 is 0. The van der Waals surface area contributed by atoms with Crippen molar-refractivity contribution in [2.24, 2.45) is 0 Å². The van der Waals surface area contributed by atoms with Crippen LogP contribution in [0.2, 0.25) is 0 Å². The first-order valence-corrected chi connectivity index (χ1v) is 7.16. The molecule has 1 aromatic carbocycles. The number of rotatable bonds is 4. The zero-order valence-corrected chi connectivity index (χ0v) is 11.1. The van der Waals surface area contributed by atoms with Gasteiger partial charge in [-0.3, -0.25) is 4.79 Å². The molecule has 1 aromatic rings. The monoisotopic (exact) mass is 260 g/mol. The molecule has 1 heterocycles. The van der Waals surface area contributed by atoms with Gasteiger partial charge in [0.2, 0.25) is 0 Å². The number of carbonyl (C=O) groups is 1. The number of ether oxygens (including phenoxy) is 1. The van der Waals surface area contributed by atoms with Crippen LogP contribution in [0.15, 0.2) is 24.3 Å². The Labute approximate surface area is 113 Å². The van der Waals surface area contributed by atoms with Crippen LogP contribution in [0.3, 0.4) is 0 Å². The quantitative estimate of drug-likeness (QED) is 0.905. The molecule has 1 saturated heterocycles. The summed E-state index contributed by atoms with van der Waals surface area (Å²) in [5.41, 5.74) is 1.56. The molecule has 3 heteroatoms. The first-order valence-electron chi connectivity index (χ1n) is 7.16. The number of carboxylic acid groups (broad SMARTS) is 1. The molecule has 0 radical (unpaired) electrons. The first kappa shape index (κ1) is 12.7. The van der Waals surface area contributed by atoms with Crippen LogP contribution < -0.4 is 0 Å². The zero-order chi connectivity index (χ0) is 13.3. The van der Waals surface area contributed by atoms with E-state index in [1.54, 1.807) is 0 Å². The van der Waals surface area contributed by atoms with Crippen LogP contribution in [0.25, 0.3) is 0 Å². The van der Waals surface area contributed by atoms with Crippen molar-refractivity contribution in [3.8, 4) is 0 Å². The molecule has 0 aromatic heterocycles. The molecule has 19 heavy (non-hydrogen) atoms. The van der Waals surface area contributed by atoms with Crippen LogP contribution in [0, 0.1) is 0 Å². The number of benzene rings is 1. The highest BCUT2D eigenvalue weighted by molar-refractivity contribution is 5.83. The van der Waals surface area contributed by atoms with E-state index in [0.717, 1.165) is 44.3 Å². The average Bonchev–Trinajstić information content (AvgIpc) is 3.05. The average molecular weight is 260 g/mol. The maximum absolute atomic E-state index is 11.9. The topological polar surface area (TPSA) is 46.5 Å². The second kappa shape index (κ2) is 4.97. The van der Waals surface area contributed by atoms with Crippen molar-refractivity contribution in [1.29, 1.82) is 0 Å². The number of hydrogen-bond acceptors (Lipinski definition) is 2. The minimum absolute atomic E-state index is 0.268. The van der Waals surface area contributed by atoms with Crippen molar-refractivity contribution < 1.29 is 14.6 Å². The zero-order valence-electron chi connectivity index (χ0n) is 11.1. The normalized spacial score (nSPS) is 29.4. The van der Waals surface area contributed by atoms with Crippen molar-refractivity contribution in [2.75, 3.05) is 6.61 Å². The van der Waals surface area contributed by atoms with E-state index in [9.17, 15) is 9.90 Å². The lowest BCUT2D eigenvalue weighted by Crippen LogP contribution is -2.34. The summed E-state index contributed by atoms with van der Waals surface area (Å²) in [6.45, 7) is 0.835. The van der Waals surface area contributed by atoms with E-state index in [0.29, 0.717) is 6.42 Å². The van der Waals surface area contributed by atoms with Crippen LogP contribution in [-0.2, 0) is 21.4 Å². The molecule has 1 aliphatic carbocycles. The van der Waals surface area contributed by atoms with Gasteiger partial charge in [-0.15, -0.1) is 0 Å². The molecule has 2 aliphatic rings. The molecule has 0 saturated carbocycles. The van der Waals surface area contributed by atoms with E-state index >= 15 is 0 Å². The molecule has 0 amide bonds. The Morgan fingerprint density at radius 1 is 1.42 bits per heavy atom. The number of carboxylic acids is 1. The molecule has 2 unspecified atom stereocenters. The van der Waals surface area contributed by atoms with Gasteiger partial charge in [-0.05, 0) is 49.7 Å². The highest BCUT2D eigenvalue weighted by Crippen LogP contribution is 2.43. The number of fused-ring (bicyclic) bond motifs is 1. The molecular formula is C16H20O3. The summed E-state index contributed by atoms with van der Waals surface area (Å²) in [6.07, 6.45) is 5.63. The Kier molecular flexibility index (Phi) is 3.31. The maximum atomic E-state index is 11.9. The van der Waals surface area contributed by atoms with Gasteiger partial charge in [0.05, 0.1) is 11.5 Å². The van der Waals surface area contributed by atoms with Crippen molar-refractivity contribution in [3.63, 3.8) is 0 Å². The van der Waals surface area contributed by atoms with Gasteiger partial charge in [0.15, 0.2) is 0 Å². The molecule has 3 nitrogen and oxygen atoms in total. The van der Waals surface area contributed by atoms with E-state index in [4.69, 9.17) is 4.74 Å². The molecule has 1 aliphatic heterocycles. The van der Waals surface area contributed by atoms with Crippen LogP contribution >= 0.6 is 0 Å². The number of aliphatic carboxylic acids is 1. The summed E-state index contributed by atoms with van der Waals surface area (Å²) in [4.78, 5) is 11.9. The van der Waals surface area contributed by atoms with E-state index in [-0.39, 0.29) is 6.10 Å². The second-order valence-corrected chi connectivity index (χ2v) is 5.72. The van der Waals surface area contributed by atoms with Gasteiger partial charge in [0.1, 0.15) is 0 Å². The van der Waals surface area contributed by atoms with Crippen LogP contribution in [0.1, 0.15) is 43.2 Å². The second-order valence-electron chi connectivity index (χ2n) is 5.72. The molecule has 2 atom stereocenters. The van der Waals surface area contributed by atoms with E-state index < -0.39 is 11.4 Å². The molecule has 102 valence electrons. The summed E-state index contributed by atoms with van der Waals surface area (Å²) in [5.74, 6) is -0.671. The van der Waals surface area contributed by atoms with Crippen LogP contribution in [-0.4, -0.2) is 23.8 Å². The molecular weight excluding hydrogens is 240 g/mol. The molecule has 1 N–H and O–H groups in total. The lowest BCUT2D eigenvalue weighted by molar-refractivity contribution is -0.144. The number of aryl methyl sites for hydroxylation is 1. The highest BCUT2D eigenvalue weighted by Gasteiger charge is 2.45. The summed E-state index contributed by atoms with van der Waals surface area (Å²) in [7, 11) is 0. The maximum Gasteiger partial charge on any atom is 0.314 e. The lowest BCUT2D eigenvalue weighted by Gasteiger charge is -2.26. The Hall–Kier alpha value is -1.35. The SMILES string of the molecule is O=C(O)C1(CCC2CCCO2)CCc2ccccc21. The fraction of sp³-hybridized carbons (Fsp3) is 0.562. The third kappa shape index (κ3) is 2.16. The lowest BCUT2D eigenvalue weighted by atomic mass is 9.77.